The molecule has 0 saturated carbocycles. The third-order valence-corrected chi connectivity index (χ3v) is 6.37. The zero-order chi connectivity index (χ0) is 24.5. The van der Waals surface area contributed by atoms with Crippen molar-refractivity contribution < 1.29 is 17.9 Å². The van der Waals surface area contributed by atoms with E-state index in [0.717, 1.165) is 15.8 Å². The molecule has 1 aliphatic heterocycles. The average Bonchev–Trinajstić information content (AvgIpc) is 3.38. The van der Waals surface area contributed by atoms with Crippen LogP contribution >= 0.6 is 12.2 Å². The van der Waals surface area contributed by atoms with Gasteiger partial charge in [0, 0.05) is 32.2 Å². The van der Waals surface area contributed by atoms with Crippen molar-refractivity contribution in [2.24, 2.45) is 0 Å². The maximum absolute atomic E-state index is 14.1. The van der Waals surface area contributed by atoms with Gasteiger partial charge in [0.25, 0.3) is 0 Å². The maximum Gasteiger partial charge on any atom is 0.410 e. The Labute approximate surface area is 201 Å². The molecule has 184 valence electrons. The summed E-state index contributed by atoms with van der Waals surface area (Å²) in [6.07, 6.45) is -3.90. The number of nitrogens with zero attached hydrogens (tertiary/aromatic N) is 4. The summed E-state index contributed by atoms with van der Waals surface area (Å²) >= 11 is 5.33. The number of hydrogen-bond donors (Lipinski definition) is 2. The molecule has 0 saturated heterocycles. The molecule has 0 unspecified atom stereocenters. The van der Waals surface area contributed by atoms with Crippen LogP contribution in [0.1, 0.15) is 62.7 Å². The first-order valence-corrected chi connectivity index (χ1v) is 11.9. The van der Waals surface area contributed by atoms with Crippen molar-refractivity contribution in [1.82, 2.24) is 24.5 Å². The summed E-state index contributed by atoms with van der Waals surface area (Å²) < 4.78 is 50.7. The number of halogens is 3. The van der Waals surface area contributed by atoms with Crippen LogP contribution in [0.2, 0.25) is 0 Å². The fraction of sp³-hybridized carbons (Fsp3) is 0.522. The summed E-state index contributed by atoms with van der Waals surface area (Å²) in [7, 11) is 0. The lowest BCUT2D eigenvalue weighted by molar-refractivity contribution is -0.173. The quantitative estimate of drug-likeness (QED) is 0.296. The molecule has 2 aromatic heterocycles. The minimum atomic E-state index is -4.45. The summed E-state index contributed by atoms with van der Waals surface area (Å²) in [6, 6.07) is 7.12. The summed E-state index contributed by atoms with van der Waals surface area (Å²) in [6.45, 7) is 7.77. The number of H-pyrrole nitrogens is 1. The predicted molar refractivity (Wildman–Crippen MR) is 126 cm³/mol. The van der Waals surface area contributed by atoms with Crippen molar-refractivity contribution in [3.63, 3.8) is 0 Å². The molecule has 0 amide bonds. The Hall–Kier alpha value is -2.66. The number of fused-ring (bicyclic) bond motifs is 1. The highest BCUT2D eigenvalue weighted by Gasteiger charge is 2.46. The lowest BCUT2D eigenvalue weighted by Crippen LogP contribution is -2.35. The van der Waals surface area contributed by atoms with Crippen LogP contribution in [0, 0.1) is 4.77 Å². The van der Waals surface area contributed by atoms with Crippen molar-refractivity contribution in [2.75, 3.05) is 18.5 Å². The zero-order valence-electron chi connectivity index (χ0n) is 19.4. The van der Waals surface area contributed by atoms with Crippen LogP contribution in [-0.2, 0) is 11.3 Å². The van der Waals surface area contributed by atoms with E-state index in [-0.39, 0.29) is 6.42 Å². The molecule has 3 aromatic rings. The molecule has 0 spiro atoms. The summed E-state index contributed by atoms with van der Waals surface area (Å²) in [5.74, 6) is 1.06. The van der Waals surface area contributed by atoms with Gasteiger partial charge in [0.1, 0.15) is 11.5 Å². The fourth-order valence-corrected chi connectivity index (χ4v) is 4.43. The molecule has 1 aromatic carbocycles. The second-order valence-electron chi connectivity index (χ2n) is 8.73. The number of aromatic nitrogens is 5. The van der Waals surface area contributed by atoms with Gasteiger partial charge < -0.3 is 10.1 Å². The molecule has 0 radical (unpaired) electrons. The molecule has 2 atom stereocenters. The van der Waals surface area contributed by atoms with Gasteiger partial charge in [-0.25, -0.2) is 4.68 Å². The SMILES string of the molecule is CCOCCCn1c(-c2cc3n(n2)[C@@H](C(F)(F)F)C[C@@H](c2ccc(C(C)C)cc2)N3)n[nH]c1=S. The summed E-state index contributed by atoms with van der Waals surface area (Å²) in [5.41, 5.74) is 2.29. The molecule has 0 bridgehead atoms. The van der Waals surface area contributed by atoms with Crippen LogP contribution in [0.15, 0.2) is 30.3 Å². The van der Waals surface area contributed by atoms with Crippen molar-refractivity contribution in [3.05, 3.63) is 46.2 Å². The molecule has 2 N–H and O–H groups in total. The van der Waals surface area contributed by atoms with Gasteiger partial charge in [-0.2, -0.15) is 23.4 Å². The molecular weight excluding hydrogens is 465 g/mol. The Morgan fingerprint density at radius 3 is 2.62 bits per heavy atom. The monoisotopic (exact) mass is 494 g/mol. The van der Waals surface area contributed by atoms with Crippen LogP contribution < -0.4 is 5.32 Å². The predicted octanol–water partition coefficient (Wildman–Crippen LogP) is 6.01. The topological polar surface area (TPSA) is 72.7 Å². The van der Waals surface area contributed by atoms with Gasteiger partial charge in [-0.15, -0.1) is 0 Å². The second-order valence-corrected chi connectivity index (χ2v) is 9.11. The third-order valence-electron chi connectivity index (χ3n) is 6.06. The molecule has 7 nitrogen and oxygen atoms in total. The number of ether oxygens (including phenoxy) is 1. The molecule has 4 rings (SSSR count). The Bertz CT molecular complexity index is 1160. The van der Waals surface area contributed by atoms with Crippen molar-refractivity contribution >= 4 is 18.0 Å². The summed E-state index contributed by atoms with van der Waals surface area (Å²) in [5, 5.41) is 14.5. The van der Waals surface area contributed by atoms with E-state index in [1.165, 1.54) is 0 Å². The van der Waals surface area contributed by atoms with Crippen LogP contribution in [0.4, 0.5) is 19.0 Å². The Kier molecular flexibility index (Phi) is 7.13. The van der Waals surface area contributed by atoms with E-state index in [4.69, 9.17) is 17.0 Å². The molecule has 34 heavy (non-hydrogen) atoms. The number of alkyl halides is 3. The highest BCUT2D eigenvalue weighted by atomic mass is 32.1. The Morgan fingerprint density at radius 1 is 1.24 bits per heavy atom. The fourth-order valence-electron chi connectivity index (χ4n) is 4.20. The molecule has 11 heteroatoms. The van der Waals surface area contributed by atoms with E-state index in [2.05, 4.69) is 34.5 Å². The van der Waals surface area contributed by atoms with Crippen molar-refractivity contribution in [2.45, 2.75) is 64.3 Å². The van der Waals surface area contributed by atoms with E-state index >= 15 is 0 Å². The number of rotatable bonds is 8. The average molecular weight is 495 g/mol. The van der Waals surface area contributed by atoms with Gasteiger partial charge in [0.15, 0.2) is 16.6 Å². The van der Waals surface area contributed by atoms with E-state index in [1.54, 1.807) is 10.6 Å². The molecular formula is C23H29F3N6OS. The zero-order valence-corrected chi connectivity index (χ0v) is 20.2. The third kappa shape index (κ3) is 5.05. The molecule has 3 heterocycles. The first-order valence-electron chi connectivity index (χ1n) is 11.4. The number of hydrogen-bond acceptors (Lipinski definition) is 5. The number of nitrogens with one attached hydrogen (secondary N) is 2. The van der Waals surface area contributed by atoms with Crippen LogP contribution in [0.3, 0.4) is 0 Å². The Morgan fingerprint density at radius 2 is 1.97 bits per heavy atom. The number of benzene rings is 1. The van der Waals surface area contributed by atoms with Crippen LogP contribution in [0.25, 0.3) is 11.5 Å². The molecule has 0 fully saturated rings. The number of aromatic amines is 1. The standard InChI is InChI=1S/C23H29F3N6OS/c1-4-33-11-5-10-31-21(28-29-22(31)34)18-13-20-27-17(12-19(23(24,25)26)32(20)30-18)16-8-6-15(7-9-16)14(2)3/h6-9,13-14,17,19,27H,4-5,10-12H2,1-3H3,(H,29,34)/t17-,19+/m0/s1. The van der Waals surface area contributed by atoms with E-state index in [1.807, 2.05) is 31.2 Å². The lowest BCUT2D eigenvalue weighted by Gasteiger charge is -2.33. The lowest BCUT2D eigenvalue weighted by atomic mass is 9.94. The highest BCUT2D eigenvalue weighted by Crippen LogP contribution is 2.44. The van der Waals surface area contributed by atoms with Crippen molar-refractivity contribution in [1.29, 1.82) is 0 Å². The van der Waals surface area contributed by atoms with Crippen LogP contribution in [0.5, 0.6) is 0 Å². The van der Waals surface area contributed by atoms with Crippen molar-refractivity contribution in [3.8, 4) is 11.5 Å². The largest absolute Gasteiger partial charge is 0.410 e. The van der Waals surface area contributed by atoms with Gasteiger partial charge >= 0.3 is 6.18 Å². The van der Waals surface area contributed by atoms with E-state index < -0.39 is 18.3 Å². The van der Waals surface area contributed by atoms with Crippen LogP contribution in [-0.4, -0.2) is 43.9 Å². The normalized spacial score (nSPS) is 18.2. The number of anilines is 1. The van der Waals surface area contributed by atoms with E-state index in [9.17, 15) is 13.2 Å². The molecule has 1 aliphatic rings. The highest BCUT2D eigenvalue weighted by molar-refractivity contribution is 7.71. The first-order chi connectivity index (χ1) is 16.2. The van der Waals surface area contributed by atoms with Gasteiger partial charge in [-0.3, -0.25) is 9.67 Å². The smallest absolute Gasteiger partial charge is 0.382 e. The van der Waals surface area contributed by atoms with Gasteiger partial charge in [0.2, 0.25) is 0 Å². The maximum atomic E-state index is 14.1. The van der Waals surface area contributed by atoms with E-state index in [0.29, 0.717) is 54.2 Å². The minimum Gasteiger partial charge on any atom is -0.382 e. The molecule has 0 aliphatic carbocycles. The van der Waals surface area contributed by atoms with Gasteiger partial charge in [0.05, 0.1) is 6.04 Å². The minimum absolute atomic E-state index is 0.153. The van der Waals surface area contributed by atoms with Gasteiger partial charge in [-0.05, 0) is 42.6 Å². The summed E-state index contributed by atoms with van der Waals surface area (Å²) in [4.78, 5) is 0. The first kappa shape index (κ1) is 24.5. The Balaban J connectivity index is 1.65. The second kappa shape index (κ2) is 9.91. The van der Waals surface area contributed by atoms with Gasteiger partial charge in [-0.1, -0.05) is 38.1 Å².